The molecule has 2 aromatic rings. The Hall–Kier alpha value is -2.82. The maximum Gasteiger partial charge on any atom is 0.255 e. The van der Waals surface area contributed by atoms with Gasteiger partial charge in [-0.3, -0.25) is 9.59 Å². The van der Waals surface area contributed by atoms with Crippen molar-refractivity contribution in [3.05, 3.63) is 59.2 Å². The smallest absolute Gasteiger partial charge is 0.255 e. The molecule has 0 bridgehead atoms. The molecule has 0 spiro atoms. The van der Waals surface area contributed by atoms with Crippen molar-refractivity contribution in [3.8, 4) is 5.75 Å². The Labute approximate surface area is 154 Å². The molecule has 0 aliphatic carbocycles. The molecule has 0 aliphatic heterocycles. The molecular formula is C21H26N2O3. The Balaban J connectivity index is 2.17. The lowest BCUT2D eigenvalue weighted by Crippen LogP contribution is -2.28. The number of carbonyl (C=O) groups is 2. The van der Waals surface area contributed by atoms with Gasteiger partial charge in [0.15, 0.2) is 0 Å². The average Bonchev–Trinajstić information content (AvgIpc) is 2.62. The summed E-state index contributed by atoms with van der Waals surface area (Å²) in [6.07, 6.45) is 0. The van der Waals surface area contributed by atoms with Crippen LogP contribution < -0.4 is 15.4 Å². The third kappa shape index (κ3) is 5.09. The minimum atomic E-state index is -0.264. The molecule has 0 aromatic heterocycles. The van der Waals surface area contributed by atoms with Gasteiger partial charge in [0.2, 0.25) is 0 Å². The molecule has 0 saturated carbocycles. The van der Waals surface area contributed by atoms with E-state index >= 15 is 0 Å². The van der Waals surface area contributed by atoms with Gasteiger partial charge in [-0.1, -0.05) is 26.0 Å². The van der Waals surface area contributed by atoms with E-state index in [-0.39, 0.29) is 11.8 Å². The summed E-state index contributed by atoms with van der Waals surface area (Å²) in [5.41, 5.74) is 2.35. The molecule has 2 rings (SSSR count). The van der Waals surface area contributed by atoms with E-state index in [9.17, 15) is 9.59 Å². The number of hydrogen-bond acceptors (Lipinski definition) is 3. The molecule has 2 amide bonds. The van der Waals surface area contributed by atoms with Crippen LogP contribution in [0.25, 0.3) is 0 Å². The second-order valence-electron chi connectivity index (χ2n) is 6.52. The molecule has 138 valence electrons. The highest BCUT2D eigenvalue weighted by Gasteiger charge is 2.15. The van der Waals surface area contributed by atoms with Crippen LogP contribution in [0.4, 0.5) is 5.69 Å². The van der Waals surface area contributed by atoms with Gasteiger partial charge in [-0.05, 0) is 55.7 Å². The van der Waals surface area contributed by atoms with Gasteiger partial charge in [0.1, 0.15) is 5.75 Å². The minimum Gasteiger partial charge on any atom is -0.494 e. The summed E-state index contributed by atoms with van der Waals surface area (Å²) in [5.74, 6) is 0.655. The molecule has 0 fully saturated rings. The first kappa shape index (κ1) is 19.5. The van der Waals surface area contributed by atoms with Gasteiger partial charge in [-0.25, -0.2) is 0 Å². The third-order valence-electron chi connectivity index (χ3n) is 3.83. The zero-order valence-corrected chi connectivity index (χ0v) is 15.8. The van der Waals surface area contributed by atoms with Crippen LogP contribution in [0.3, 0.4) is 0 Å². The van der Waals surface area contributed by atoms with E-state index < -0.39 is 0 Å². The predicted octanol–water partition coefficient (Wildman–Crippen LogP) is 4.03. The molecular weight excluding hydrogens is 328 g/mol. The minimum absolute atomic E-state index is 0.197. The first-order chi connectivity index (χ1) is 12.4. The van der Waals surface area contributed by atoms with Crippen molar-refractivity contribution in [1.82, 2.24) is 5.32 Å². The highest BCUT2D eigenvalue weighted by atomic mass is 16.5. The summed E-state index contributed by atoms with van der Waals surface area (Å²) in [4.78, 5) is 25.0. The molecule has 5 heteroatoms. The van der Waals surface area contributed by atoms with Crippen molar-refractivity contribution in [2.45, 2.75) is 27.7 Å². The van der Waals surface area contributed by atoms with Gasteiger partial charge in [-0.2, -0.15) is 0 Å². The first-order valence-electron chi connectivity index (χ1n) is 8.84. The van der Waals surface area contributed by atoms with Crippen LogP contribution in [0.1, 0.15) is 47.1 Å². The lowest BCUT2D eigenvalue weighted by Gasteiger charge is -2.13. The normalized spacial score (nSPS) is 10.5. The number of aryl methyl sites for hydroxylation is 1. The van der Waals surface area contributed by atoms with E-state index in [1.807, 2.05) is 27.7 Å². The molecule has 26 heavy (non-hydrogen) atoms. The van der Waals surface area contributed by atoms with Crippen molar-refractivity contribution in [3.63, 3.8) is 0 Å². The van der Waals surface area contributed by atoms with E-state index in [0.717, 1.165) is 11.3 Å². The zero-order chi connectivity index (χ0) is 19.1. The fourth-order valence-corrected chi connectivity index (χ4v) is 2.48. The average molecular weight is 354 g/mol. The van der Waals surface area contributed by atoms with Crippen LogP contribution in [-0.4, -0.2) is 25.0 Å². The number of ether oxygens (including phenoxy) is 1. The summed E-state index contributed by atoms with van der Waals surface area (Å²) in [5, 5.41) is 5.71. The second kappa shape index (κ2) is 9.04. The predicted molar refractivity (Wildman–Crippen MR) is 104 cm³/mol. The molecule has 0 saturated heterocycles. The zero-order valence-electron chi connectivity index (χ0n) is 15.8. The highest BCUT2D eigenvalue weighted by molar-refractivity contribution is 6.09. The quantitative estimate of drug-likeness (QED) is 0.789. The van der Waals surface area contributed by atoms with Crippen molar-refractivity contribution in [1.29, 1.82) is 0 Å². The molecule has 0 radical (unpaired) electrons. The van der Waals surface area contributed by atoms with Crippen molar-refractivity contribution in [2.24, 2.45) is 5.92 Å². The Morgan fingerprint density at radius 3 is 2.46 bits per heavy atom. The summed E-state index contributed by atoms with van der Waals surface area (Å²) in [7, 11) is 0. The molecule has 2 aromatic carbocycles. The Morgan fingerprint density at radius 1 is 1.08 bits per heavy atom. The van der Waals surface area contributed by atoms with Crippen molar-refractivity contribution >= 4 is 17.5 Å². The van der Waals surface area contributed by atoms with E-state index in [2.05, 4.69) is 10.6 Å². The van der Waals surface area contributed by atoms with Gasteiger partial charge in [0.05, 0.1) is 17.9 Å². The van der Waals surface area contributed by atoms with Crippen LogP contribution in [0.15, 0.2) is 42.5 Å². The van der Waals surface area contributed by atoms with Gasteiger partial charge >= 0.3 is 0 Å². The lowest BCUT2D eigenvalue weighted by molar-refractivity contribution is 0.0950. The number of rotatable bonds is 7. The summed E-state index contributed by atoms with van der Waals surface area (Å²) < 4.78 is 5.50. The lowest BCUT2D eigenvalue weighted by atomic mass is 10.1. The van der Waals surface area contributed by atoms with Gasteiger partial charge in [0, 0.05) is 12.1 Å². The van der Waals surface area contributed by atoms with Crippen LogP contribution in [-0.2, 0) is 0 Å². The molecule has 2 N–H and O–H groups in total. The number of carbonyl (C=O) groups excluding carboxylic acids is 2. The number of benzene rings is 2. The fraction of sp³-hybridized carbons (Fsp3) is 0.333. The van der Waals surface area contributed by atoms with E-state index in [4.69, 9.17) is 4.74 Å². The fourth-order valence-electron chi connectivity index (χ4n) is 2.48. The number of hydrogen-bond donors (Lipinski definition) is 2. The van der Waals surface area contributed by atoms with Crippen LogP contribution in [0.5, 0.6) is 5.75 Å². The molecule has 5 nitrogen and oxygen atoms in total. The maximum absolute atomic E-state index is 12.6. The number of para-hydroxylation sites is 1. The summed E-state index contributed by atoms with van der Waals surface area (Å²) >= 11 is 0. The highest BCUT2D eigenvalue weighted by Crippen LogP contribution is 2.21. The molecule has 0 unspecified atom stereocenters. The van der Waals surface area contributed by atoms with Crippen LogP contribution in [0.2, 0.25) is 0 Å². The number of anilines is 1. The Morgan fingerprint density at radius 2 is 1.81 bits per heavy atom. The van der Waals surface area contributed by atoms with Crippen molar-refractivity contribution in [2.75, 3.05) is 18.5 Å². The van der Waals surface area contributed by atoms with E-state index in [0.29, 0.717) is 35.9 Å². The van der Waals surface area contributed by atoms with Crippen molar-refractivity contribution < 1.29 is 14.3 Å². The Bertz CT molecular complexity index is 785. The molecule has 0 aliphatic rings. The first-order valence-corrected chi connectivity index (χ1v) is 8.84. The maximum atomic E-state index is 12.6. The largest absolute Gasteiger partial charge is 0.494 e. The number of nitrogens with one attached hydrogen (secondary N) is 2. The van der Waals surface area contributed by atoms with E-state index in [1.165, 1.54) is 0 Å². The summed E-state index contributed by atoms with van der Waals surface area (Å²) in [6, 6.07) is 12.3. The SMILES string of the molecule is CCOc1ccc(C(=O)Nc2ccccc2C(=O)NCC(C)C)cc1C. The Kier molecular flexibility index (Phi) is 6.78. The van der Waals surface area contributed by atoms with Crippen LogP contribution >= 0.6 is 0 Å². The van der Waals surface area contributed by atoms with E-state index in [1.54, 1.807) is 42.5 Å². The van der Waals surface area contributed by atoms with Gasteiger partial charge in [0.25, 0.3) is 11.8 Å². The topological polar surface area (TPSA) is 67.4 Å². The summed E-state index contributed by atoms with van der Waals surface area (Å²) in [6.45, 7) is 9.03. The third-order valence-corrected chi connectivity index (χ3v) is 3.83. The van der Waals surface area contributed by atoms with Gasteiger partial charge < -0.3 is 15.4 Å². The van der Waals surface area contributed by atoms with Crippen LogP contribution in [0, 0.1) is 12.8 Å². The van der Waals surface area contributed by atoms with Gasteiger partial charge in [-0.15, -0.1) is 0 Å². The molecule has 0 atom stereocenters. The molecule has 0 heterocycles. The number of amides is 2. The monoisotopic (exact) mass is 354 g/mol. The standard InChI is InChI=1S/C21H26N2O3/c1-5-26-19-11-10-16(12-15(19)4)20(24)23-18-9-7-6-8-17(18)21(25)22-13-14(2)3/h6-12,14H,5,13H2,1-4H3,(H,22,25)(H,23,24). The second-order valence-corrected chi connectivity index (χ2v) is 6.52.